The lowest BCUT2D eigenvalue weighted by Gasteiger charge is -1.94. The van der Waals surface area contributed by atoms with Crippen molar-refractivity contribution in [2.24, 2.45) is 0 Å². The van der Waals surface area contributed by atoms with Crippen molar-refractivity contribution >= 4 is 5.82 Å². The number of rotatable bonds is 2. The molecule has 0 spiro atoms. The molecule has 0 fully saturated rings. The first-order valence-corrected chi connectivity index (χ1v) is 3.26. The Bertz CT molecular complexity index is 303. The van der Waals surface area contributed by atoms with Crippen molar-refractivity contribution in [2.75, 3.05) is 5.32 Å². The molecule has 0 saturated heterocycles. The van der Waals surface area contributed by atoms with Gasteiger partial charge in [-0.1, -0.05) is 6.08 Å². The quantitative estimate of drug-likeness (QED) is 0.654. The lowest BCUT2D eigenvalue weighted by atomic mass is 10.6. The second kappa shape index (κ2) is 3.55. The molecule has 4 heteroatoms. The van der Waals surface area contributed by atoms with Gasteiger partial charge in [-0.25, -0.2) is 4.79 Å². The molecule has 0 aromatic carbocycles. The highest BCUT2D eigenvalue weighted by atomic mass is 16.1. The molecule has 0 aliphatic heterocycles. The van der Waals surface area contributed by atoms with E-state index in [0.717, 1.165) is 0 Å². The monoisotopic (exact) mass is 151 g/mol. The molecule has 0 bridgehead atoms. The SMILES string of the molecule is CC=CNc1cc[nH]c(=O)n1. The fraction of sp³-hybridized carbons (Fsp3) is 0.143. The Kier molecular flexibility index (Phi) is 2.43. The molecule has 1 aromatic rings. The van der Waals surface area contributed by atoms with Crippen LogP contribution in [0.15, 0.2) is 29.3 Å². The number of hydrogen-bond donors (Lipinski definition) is 2. The first-order valence-electron chi connectivity index (χ1n) is 3.26. The number of hydrogen-bond acceptors (Lipinski definition) is 3. The highest BCUT2D eigenvalue weighted by molar-refractivity contribution is 5.34. The van der Waals surface area contributed by atoms with E-state index in [1.54, 1.807) is 18.5 Å². The molecule has 0 radical (unpaired) electrons. The topological polar surface area (TPSA) is 57.8 Å². The summed E-state index contributed by atoms with van der Waals surface area (Å²) in [6, 6.07) is 1.68. The number of nitrogens with zero attached hydrogens (tertiary/aromatic N) is 1. The van der Waals surface area contributed by atoms with Gasteiger partial charge in [-0.2, -0.15) is 4.98 Å². The first kappa shape index (κ1) is 7.53. The molecule has 1 heterocycles. The Morgan fingerprint density at radius 3 is 3.18 bits per heavy atom. The van der Waals surface area contributed by atoms with Crippen LogP contribution < -0.4 is 11.0 Å². The zero-order chi connectivity index (χ0) is 8.10. The van der Waals surface area contributed by atoms with Gasteiger partial charge in [0.05, 0.1) is 0 Å². The second-order valence-corrected chi connectivity index (χ2v) is 1.92. The van der Waals surface area contributed by atoms with E-state index in [4.69, 9.17) is 0 Å². The van der Waals surface area contributed by atoms with Crippen LogP contribution in [0.2, 0.25) is 0 Å². The lowest BCUT2D eigenvalue weighted by Crippen LogP contribution is -2.10. The zero-order valence-corrected chi connectivity index (χ0v) is 6.16. The Morgan fingerprint density at radius 1 is 1.73 bits per heavy atom. The van der Waals surface area contributed by atoms with Crippen LogP contribution in [0.25, 0.3) is 0 Å². The summed E-state index contributed by atoms with van der Waals surface area (Å²) < 4.78 is 0. The zero-order valence-electron chi connectivity index (χ0n) is 6.16. The molecule has 11 heavy (non-hydrogen) atoms. The van der Waals surface area contributed by atoms with Crippen molar-refractivity contribution in [1.29, 1.82) is 0 Å². The molecule has 0 amide bonds. The van der Waals surface area contributed by atoms with E-state index >= 15 is 0 Å². The van der Waals surface area contributed by atoms with Gasteiger partial charge >= 0.3 is 5.69 Å². The van der Waals surface area contributed by atoms with Crippen LogP contribution in [0.4, 0.5) is 5.82 Å². The van der Waals surface area contributed by atoms with Gasteiger partial charge in [-0.3, -0.25) is 0 Å². The number of aromatic amines is 1. The Balaban J connectivity index is 2.79. The van der Waals surface area contributed by atoms with E-state index in [1.807, 2.05) is 13.0 Å². The normalized spacial score (nSPS) is 10.3. The van der Waals surface area contributed by atoms with Crippen LogP contribution in [-0.4, -0.2) is 9.97 Å². The summed E-state index contributed by atoms with van der Waals surface area (Å²) >= 11 is 0. The molecule has 0 aliphatic carbocycles. The Morgan fingerprint density at radius 2 is 2.55 bits per heavy atom. The number of anilines is 1. The standard InChI is InChI=1S/C7H9N3O/c1-2-4-8-6-3-5-9-7(11)10-6/h2-5H,1H3,(H2,8,9,10,11). The van der Waals surface area contributed by atoms with E-state index in [2.05, 4.69) is 15.3 Å². The number of aromatic nitrogens is 2. The summed E-state index contributed by atoms with van der Waals surface area (Å²) in [5, 5.41) is 2.82. The third kappa shape index (κ3) is 2.25. The average molecular weight is 151 g/mol. The summed E-state index contributed by atoms with van der Waals surface area (Å²) in [4.78, 5) is 16.7. The van der Waals surface area contributed by atoms with Crippen LogP contribution in [0.5, 0.6) is 0 Å². The minimum Gasteiger partial charge on any atom is -0.347 e. The Hall–Kier alpha value is -1.58. The van der Waals surface area contributed by atoms with Crippen LogP contribution >= 0.6 is 0 Å². The van der Waals surface area contributed by atoms with Gasteiger partial charge in [0.1, 0.15) is 5.82 Å². The van der Waals surface area contributed by atoms with Crippen molar-refractivity contribution in [3.8, 4) is 0 Å². The van der Waals surface area contributed by atoms with E-state index < -0.39 is 0 Å². The van der Waals surface area contributed by atoms with Crippen molar-refractivity contribution in [1.82, 2.24) is 9.97 Å². The predicted molar refractivity (Wildman–Crippen MR) is 43.3 cm³/mol. The largest absolute Gasteiger partial charge is 0.347 e. The third-order valence-electron chi connectivity index (χ3n) is 1.07. The maximum atomic E-state index is 10.6. The fourth-order valence-corrected chi connectivity index (χ4v) is 0.620. The van der Waals surface area contributed by atoms with Crippen molar-refractivity contribution in [3.05, 3.63) is 35.0 Å². The molecule has 0 atom stereocenters. The average Bonchev–Trinajstić information content (AvgIpc) is 2.01. The van der Waals surface area contributed by atoms with Crippen LogP contribution in [0, 0.1) is 0 Å². The molecule has 2 N–H and O–H groups in total. The molecule has 58 valence electrons. The number of nitrogens with one attached hydrogen (secondary N) is 2. The van der Waals surface area contributed by atoms with Gasteiger partial charge in [-0.15, -0.1) is 0 Å². The van der Waals surface area contributed by atoms with Gasteiger partial charge in [0, 0.05) is 6.20 Å². The van der Waals surface area contributed by atoms with Crippen molar-refractivity contribution < 1.29 is 0 Å². The Labute approximate surface area is 64.0 Å². The summed E-state index contributed by atoms with van der Waals surface area (Å²) in [6.07, 6.45) is 5.08. The summed E-state index contributed by atoms with van der Waals surface area (Å²) in [7, 11) is 0. The van der Waals surface area contributed by atoms with Gasteiger partial charge in [0.15, 0.2) is 0 Å². The van der Waals surface area contributed by atoms with Crippen LogP contribution in [-0.2, 0) is 0 Å². The van der Waals surface area contributed by atoms with Gasteiger partial charge < -0.3 is 10.3 Å². The van der Waals surface area contributed by atoms with Crippen molar-refractivity contribution in [2.45, 2.75) is 6.92 Å². The van der Waals surface area contributed by atoms with Crippen LogP contribution in [0.1, 0.15) is 6.92 Å². The van der Waals surface area contributed by atoms with E-state index in [9.17, 15) is 4.79 Å². The van der Waals surface area contributed by atoms with Gasteiger partial charge in [-0.05, 0) is 19.2 Å². The summed E-state index contributed by atoms with van der Waals surface area (Å²) in [5.74, 6) is 0.548. The van der Waals surface area contributed by atoms with Crippen molar-refractivity contribution in [3.63, 3.8) is 0 Å². The first-order chi connectivity index (χ1) is 5.33. The molecule has 1 rings (SSSR count). The summed E-state index contributed by atoms with van der Waals surface area (Å²) in [5.41, 5.74) is -0.348. The minimum absolute atomic E-state index is 0.348. The van der Waals surface area contributed by atoms with Gasteiger partial charge in [0.2, 0.25) is 0 Å². The maximum absolute atomic E-state index is 10.6. The number of allylic oxidation sites excluding steroid dienone is 1. The predicted octanol–water partition coefficient (Wildman–Crippen LogP) is 0.715. The molecule has 0 saturated carbocycles. The molecular weight excluding hydrogens is 142 g/mol. The minimum atomic E-state index is -0.348. The highest BCUT2D eigenvalue weighted by Gasteiger charge is 1.87. The maximum Gasteiger partial charge on any atom is 0.346 e. The third-order valence-corrected chi connectivity index (χ3v) is 1.07. The summed E-state index contributed by atoms with van der Waals surface area (Å²) in [6.45, 7) is 1.88. The fourth-order valence-electron chi connectivity index (χ4n) is 0.620. The molecule has 0 aliphatic rings. The lowest BCUT2D eigenvalue weighted by molar-refractivity contribution is 1.08. The molecule has 1 aromatic heterocycles. The van der Waals surface area contributed by atoms with Gasteiger partial charge in [0.25, 0.3) is 0 Å². The van der Waals surface area contributed by atoms with E-state index in [1.165, 1.54) is 0 Å². The van der Waals surface area contributed by atoms with Crippen LogP contribution in [0.3, 0.4) is 0 Å². The number of H-pyrrole nitrogens is 1. The van der Waals surface area contributed by atoms with E-state index in [-0.39, 0.29) is 5.69 Å². The van der Waals surface area contributed by atoms with E-state index in [0.29, 0.717) is 5.82 Å². The molecule has 4 nitrogen and oxygen atoms in total. The second-order valence-electron chi connectivity index (χ2n) is 1.92. The molecule has 0 unspecified atom stereocenters. The molecular formula is C7H9N3O. The smallest absolute Gasteiger partial charge is 0.346 e. The highest BCUT2D eigenvalue weighted by Crippen LogP contribution is 1.94.